The highest BCUT2D eigenvalue weighted by Gasteiger charge is 2.37. The van der Waals surface area contributed by atoms with E-state index in [4.69, 9.17) is 0 Å². The predicted molar refractivity (Wildman–Crippen MR) is 108 cm³/mol. The fraction of sp³-hybridized carbons (Fsp3) is 0.333. The molecule has 0 bridgehead atoms. The van der Waals surface area contributed by atoms with Gasteiger partial charge in [-0.15, -0.1) is 11.3 Å². The number of imidazole rings is 1. The second-order valence-corrected chi connectivity index (χ2v) is 7.72. The van der Waals surface area contributed by atoms with E-state index in [0.29, 0.717) is 18.2 Å². The van der Waals surface area contributed by atoms with Gasteiger partial charge in [-0.2, -0.15) is 0 Å². The smallest absolute Gasteiger partial charge is 0.277 e. The van der Waals surface area contributed by atoms with Crippen molar-refractivity contribution in [2.75, 3.05) is 25.5 Å². The summed E-state index contributed by atoms with van der Waals surface area (Å²) in [5, 5.41) is 19.0. The lowest BCUT2D eigenvalue weighted by Crippen LogP contribution is -2.52. The number of hydrogen-bond acceptors (Lipinski definition) is 8. The number of thiazole rings is 1. The van der Waals surface area contributed by atoms with Crippen LogP contribution in [-0.2, 0) is 4.79 Å². The van der Waals surface area contributed by atoms with Crippen LogP contribution >= 0.6 is 11.3 Å². The van der Waals surface area contributed by atoms with Crippen LogP contribution < -0.4 is 15.5 Å². The van der Waals surface area contributed by atoms with Crippen LogP contribution in [0.25, 0.3) is 5.57 Å². The molecular weight excluding hydrogens is 394 g/mol. The fourth-order valence-electron chi connectivity index (χ4n) is 3.22. The molecular formula is C18H21N7O3S. The second kappa shape index (κ2) is 7.33. The molecule has 0 fully saturated rings. The van der Waals surface area contributed by atoms with Crippen LogP contribution in [-0.4, -0.2) is 63.3 Å². The van der Waals surface area contributed by atoms with Crippen LogP contribution in [0.15, 0.2) is 35.9 Å². The molecule has 29 heavy (non-hydrogen) atoms. The Bertz CT molecular complexity index is 1010. The summed E-state index contributed by atoms with van der Waals surface area (Å²) in [7, 11) is 3.13. The maximum atomic E-state index is 12.8. The van der Waals surface area contributed by atoms with E-state index in [0.717, 1.165) is 10.6 Å². The Balaban J connectivity index is 1.52. The zero-order chi connectivity index (χ0) is 20.7. The lowest BCUT2D eigenvalue weighted by atomic mass is 10.2. The van der Waals surface area contributed by atoms with Crippen molar-refractivity contribution in [2.24, 2.45) is 0 Å². The van der Waals surface area contributed by atoms with Crippen molar-refractivity contribution in [1.29, 1.82) is 0 Å². The zero-order valence-corrected chi connectivity index (χ0v) is 17.0. The van der Waals surface area contributed by atoms with E-state index >= 15 is 0 Å². The minimum atomic E-state index is -1.10. The van der Waals surface area contributed by atoms with Gasteiger partial charge in [0.15, 0.2) is 11.5 Å². The minimum absolute atomic E-state index is 0.263. The Hall–Kier alpha value is -3.18. The van der Waals surface area contributed by atoms with Gasteiger partial charge in [-0.3, -0.25) is 14.5 Å². The molecule has 2 aromatic rings. The Morgan fingerprint density at radius 2 is 2.14 bits per heavy atom. The Kier molecular flexibility index (Phi) is 4.84. The van der Waals surface area contributed by atoms with E-state index in [1.807, 2.05) is 11.5 Å². The number of carbonyl (C=O) groups is 2. The maximum absolute atomic E-state index is 12.8. The predicted octanol–water partition coefficient (Wildman–Crippen LogP) is 0.343. The molecule has 10 nitrogen and oxygen atoms in total. The van der Waals surface area contributed by atoms with Crippen LogP contribution in [0.3, 0.4) is 0 Å². The highest BCUT2D eigenvalue weighted by molar-refractivity contribution is 7.10. The van der Waals surface area contributed by atoms with Crippen LogP contribution in [0, 0.1) is 0 Å². The molecule has 2 aliphatic heterocycles. The minimum Gasteiger partial charge on any atom is -0.367 e. The first-order valence-electron chi connectivity index (χ1n) is 8.99. The zero-order valence-electron chi connectivity index (χ0n) is 16.2. The van der Waals surface area contributed by atoms with Crippen LogP contribution in [0.4, 0.5) is 5.82 Å². The number of fused-ring (bicyclic) bond motifs is 1. The van der Waals surface area contributed by atoms with Gasteiger partial charge >= 0.3 is 0 Å². The van der Waals surface area contributed by atoms with Crippen molar-refractivity contribution >= 4 is 34.5 Å². The summed E-state index contributed by atoms with van der Waals surface area (Å²) in [6.45, 7) is 2.25. The average molecular weight is 415 g/mol. The standard InChI is InChI=1S/C18H21N7O3S/c1-10(25-9-21-14-13(25)17(27)24(3)18(28)23(14)2)15(26)22-12-5-4-11(8-20-12)16-19-6-7-29-16/h4-7,9-10,18,20,28H,8H2,1-3H3,(H,22,26). The normalized spacial score (nSPS) is 19.9. The quantitative estimate of drug-likeness (QED) is 0.660. The second-order valence-electron chi connectivity index (χ2n) is 6.83. The molecule has 0 saturated heterocycles. The first-order valence-corrected chi connectivity index (χ1v) is 9.86. The maximum Gasteiger partial charge on any atom is 0.277 e. The number of rotatable bonds is 4. The molecule has 0 aromatic carbocycles. The number of nitrogens with one attached hydrogen (secondary N) is 2. The summed E-state index contributed by atoms with van der Waals surface area (Å²) in [6.07, 6.45) is 5.81. The highest BCUT2D eigenvalue weighted by atomic mass is 32.1. The van der Waals surface area contributed by atoms with Crippen molar-refractivity contribution in [2.45, 2.75) is 19.3 Å². The summed E-state index contributed by atoms with van der Waals surface area (Å²) in [5.41, 5.74) is 1.31. The first kappa shape index (κ1) is 19.2. The van der Waals surface area contributed by atoms with Crippen molar-refractivity contribution in [3.05, 3.63) is 46.6 Å². The highest BCUT2D eigenvalue weighted by Crippen LogP contribution is 2.29. The Morgan fingerprint density at radius 3 is 2.79 bits per heavy atom. The van der Waals surface area contributed by atoms with E-state index in [1.165, 1.54) is 27.7 Å². The van der Waals surface area contributed by atoms with Crippen LogP contribution in [0.5, 0.6) is 0 Å². The van der Waals surface area contributed by atoms with Crippen molar-refractivity contribution < 1.29 is 14.7 Å². The van der Waals surface area contributed by atoms with Crippen molar-refractivity contribution in [3.63, 3.8) is 0 Å². The molecule has 2 unspecified atom stereocenters. The van der Waals surface area contributed by atoms with Gasteiger partial charge in [-0.1, -0.05) is 6.08 Å². The number of nitrogens with zero attached hydrogens (tertiary/aromatic N) is 5. The fourth-order valence-corrected chi connectivity index (χ4v) is 3.88. The lowest BCUT2D eigenvalue weighted by molar-refractivity contribution is -0.123. The summed E-state index contributed by atoms with van der Waals surface area (Å²) in [6, 6.07) is -0.681. The first-order chi connectivity index (χ1) is 13.9. The third kappa shape index (κ3) is 3.28. The third-order valence-electron chi connectivity index (χ3n) is 5.01. The van der Waals surface area contributed by atoms with Gasteiger partial charge in [0.2, 0.25) is 12.3 Å². The lowest BCUT2D eigenvalue weighted by Gasteiger charge is -2.36. The molecule has 0 radical (unpaired) electrons. The van der Waals surface area contributed by atoms with E-state index in [9.17, 15) is 14.7 Å². The molecule has 2 aliphatic rings. The van der Waals surface area contributed by atoms with Gasteiger partial charge < -0.3 is 25.2 Å². The molecule has 2 aromatic heterocycles. The SMILES string of the molecule is CC(C(=O)NC1=CC=C(c2nccs2)CN1)n1cnc2c1C(=O)N(C)C(O)N2C. The Morgan fingerprint density at radius 1 is 1.34 bits per heavy atom. The molecule has 11 heteroatoms. The molecule has 0 saturated carbocycles. The molecule has 0 aliphatic carbocycles. The van der Waals surface area contributed by atoms with E-state index in [2.05, 4.69) is 20.6 Å². The van der Waals surface area contributed by atoms with Gasteiger partial charge in [0, 0.05) is 37.8 Å². The Labute approximate surface area is 171 Å². The summed E-state index contributed by atoms with van der Waals surface area (Å²) >= 11 is 1.56. The molecule has 4 heterocycles. The van der Waals surface area contributed by atoms with Crippen molar-refractivity contribution in [1.82, 2.24) is 30.1 Å². The van der Waals surface area contributed by atoms with Gasteiger partial charge in [0.05, 0.1) is 6.33 Å². The van der Waals surface area contributed by atoms with Crippen LogP contribution in [0.2, 0.25) is 0 Å². The summed E-state index contributed by atoms with van der Waals surface area (Å²) < 4.78 is 1.52. The molecule has 152 valence electrons. The largest absolute Gasteiger partial charge is 0.367 e. The molecule has 2 atom stereocenters. The number of allylic oxidation sites excluding steroid dienone is 2. The summed E-state index contributed by atoms with van der Waals surface area (Å²) in [4.78, 5) is 36.6. The number of aliphatic hydroxyl groups is 1. The number of carbonyl (C=O) groups excluding carboxylic acids is 2. The molecule has 4 rings (SSSR count). The number of aromatic nitrogens is 3. The molecule has 2 amide bonds. The number of dihydropyridines is 1. The van der Waals surface area contributed by atoms with Gasteiger partial charge in [-0.25, -0.2) is 9.97 Å². The third-order valence-corrected chi connectivity index (χ3v) is 5.85. The van der Waals surface area contributed by atoms with E-state index < -0.39 is 18.3 Å². The number of hydrogen-bond donors (Lipinski definition) is 3. The van der Waals surface area contributed by atoms with Gasteiger partial charge in [-0.05, 0) is 13.0 Å². The monoisotopic (exact) mass is 415 g/mol. The number of anilines is 1. The van der Waals surface area contributed by atoms with Crippen molar-refractivity contribution in [3.8, 4) is 0 Å². The summed E-state index contributed by atoms with van der Waals surface area (Å²) in [5.74, 6) is 0.228. The van der Waals surface area contributed by atoms with Crippen LogP contribution in [0.1, 0.15) is 28.5 Å². The molecule has 3 N–H and O–H groups in total. The van der Waals surface area contributed by atoms with E-state index in [1.54, 1.807) is 37.6 Å². The molecule has 0 spiro atoms. The van der Waals surface area contributed by atoms with Gasteiger partial charge in [0.1, 0.15) is 16.9 Å². The average Bonchev–Trinajstić information content (AvgIpc) is 3.41. The number of aliphatic hydroxyl groups excluding tert-OH is 1. The number of amides is 2. The van der Waals surface area contributed by atoms with E-state index in [-0.39, 0.29) is 11.6 Å². The van der Waals surface area contributed by atoms with Gasteiger partial charge in [0.25, 0.3) is 5.91 Å². The topological polar surface area (TPSA) is 116 Å².